The molecule has 0 atom stereocenters. The van der Waals surface area contributed by atoms with E-state index in [4.69, 9.17) is 21.1 Å². The average Bonchev–Trinajstić information content (AvgIpc) is 2.82. The number of ether oxygens (including phenoxy) is 2. The number of benzene rings is 3. The molecule has 3 aromatic carbocycles. The molecule has 0 unspecified atom stereocenters. The highest BCUT2D eigenvalue weighted by atomic mass is 35.5. The number of rotatable bonds is 9. The van der Waals surface area contributed by atoms with E-state index in [2.05, 4.69) is 49.1 Å². The van der Waals surface area contributed by atoms with Gasteiger partial charge in [-0.25, -0.2) is 0 Å². The first kappa shape index (κ1) is 24.1. The van der Waals surface area contributed by atoms with E-state index in [0.717, 1.165) is 42.8 Å². The summed E-state index contributed by atoms with van der Waals surface area (Å²) in [7, 11) is 1.62. The molecule has 0 bridgehead atoms. The number of nitriles is 1. The van der Waals surface area contributed by atoms with E-state index in [-0.39, 0.29) is 11.6 Å². The Bertz CT molecular complexity index is 1100. The minimum atomic E-state index is -0.683. The van der Waals surface area contributed by atoms with Crippen molar-refractivity contribution in [2.75, 3.05) is 20.2 Å². The molecular formula is C29H31ClN2O2. The Morgan fingerprint density at radius 3 is 2.00 bits per heavy atom. The number of nitrogens with zero attached hydrogens (tertiary/aromatic N) is 2. The van der Waals surface area contributed by atoms with Gasteiger partial charge in [0.1, 0.15) is 23.0 Å². The molecule has 5 heteroatoms. The first-order valence-corrected chi connectivity index (χ1v) is 12.0. The van der Waals surface area contributed by atoms with Crippen LogP contribution in [-0.2, 0) is 5.41 Å². The second kappa shape index (κ2) is 10.1. The quantitative estimate of drug-likeness (QED) is 0.356. The lowest BCUT2D eigenvalue weighted by Gasteiger charge is -2.49. The van der Waals surface area contributed by atoms with Crippen LogP contribution in [0.25, 0.3) is 0 Å². The summed E-state index contributed by atoms with van der Waals surface area (Å²) in [5.74, 6) is 1.41. The van der Waals surface area contributed by atoms with E-state index in [1.165, 1.54) is 0 Å². The Morgan fingerprint density at radius 1 is 0.912 bits per heavy atom. The van der Waals surface area contributed by atoms with Crippen LogP contribution in [0.2, 0.25) is 5.02 Å². The van der Waals surface area contributed by atoms with Gasteiger partial charge in [0.25, 0.3) is 0 Å². The van der Waals surface area contributed by atoms with Gasteiger partial charge in [0.05, 0.1) is 13.2 Å². The molecule has 176 valence electrons. The van der Waals surface area contributed by atoms with Gasteiger partial charge in [-0.05, 0) is 49.9 Å². The summed E-state index contributed by atoms with van der Waals surface area (Å²) >= 11 is 6.18. The molecule has 0 spiro atoms. The number of halogens is 1. The van der Waals surface area contributed by atoms with Gasteiger partial charge in [0.15, 0.2) is 0 Å². The highest BCUT2D eigenvalue weighted by Crippen LogP contribution is 2.40. The molecule has 1 aliphatic rings. The molecular weight excluding hydrogens is 444 g/mol. The summed E-state index contributed by atoms with van der Waals surface area (Å²) in [6, 6.07) is 28.4. The Hall–Kier alpha value is -3.00. The first-order chi connectivity index (χ1) is 16.4. The van der Waals surface area contributed by atoms with Crippen molar-refractivity contribution in [3.63, 3.8) is 0 Å². The lowest BCUT2D eigenvalue weighted by molar-refractivity contribution is -0.0465. The van der Waals surface area contributed by atoms with E-state index in [9.17, 15) is 5.26 Å². The van der Waals surface area contributed by atoms with Crippen molar-refractivity contribution >= 4 is 11.6 Å². The van der Waals surface area contributed by atoms with Gasteiger partial charge in [-0.3, -0.25) is 4.90 Å². The zero-order chi connectivity index (χ0) is 24.2. The molecule has 1 heterocycles. The maximum absolute atomic E-state index is 10.5. The highest BCUT2D eigenvalue weighted by Gasteiger charge is 2.42. The summed E-state index contributed by atoms with van der Waals surface area (Å²) < 4.78 is 11.4. The average molecular weight is 475 g/mol. The van der Waals surface area contributed by atoms with Crippen LogP contribution in [-0.4, -0.2) is 36.7 Å². The number of methoxy groups -OCH3 is 1. The molecule has 1 fully saturated rings. The maximum atomic E-state index is 10.5. The van der Waals surface area contributed by atoms with Crippen LogP contribution in [0.4, 0.5) is 0 Å². The second-order valence-electron chi connectivity index (χ2n) is 9.53. The summed E-state index contributed by atoms with van der Waals surface area (Å²) in [4.78, 5) is 2.43. The standard InChI is InChI=1S/C29H31ClN2O2/c1-28(2,32-19-27(20-32)34-26-17-24(30)16-25(18-26)33-3)14-15-29(21-31,22-10-6-4-7-11-22)23-12-8-5-9-13-23/h4-13,16-18,27H,14-15,19-20H2,1-3H3. The third-order valence-electron chi connectivity index (χ3n) is 6.92. The predicted octanol–water partition coefficient (Wildman–Crippen LogP) is 6.48. The number of hydrogen-bond donors (Lipinski definition) is 0. The van der Waals surface area contributed by atoms with E-state index < -0.39 is 5.41 Å². The van der Waals surface area contributed by atoms with Crippen LogP contribution in [0.3, 0.4) is 0 Å². The SMILES string of the molecule is COc1cc(Cl)cc(OC2CN(C(C)(C)CCC(C#N)(c3ccccc3)c3ccccc3)C2)c1. The van der Waals surface area contributed by atoms with Crippen molar-refractivity contribution in [1.82, 2.24) is 4.90 Å². The lowest BCUT2D eigenvalue weighted by Crippen LogP contribution is -2.62. The zero-order valence-corrected chi connectivity index (χ0v) is 20.8. The molecule has 0 amide bonds. The fraction of sp³-hybridized carbons (Fsp3) is 0.345. The fourth-order valence-corrected chi connectivity index (χ4v) is 4.87. The molecule has 4 nitrogen and oxygen atoms in total. The normalized spacial score (nSPS) is 14.8. The van der Waals surface area contributed by atoms with Crippen molar-refractivity contribution in [1.29, 1.82) is 5.26 Å². The fourth-order valence-electron chi connectivity index (χ4n) is 4.66. The molecule has 0 saturated carbocycles. The molecule has 34 heavy (non-hydrogen) atoms. The Morgan fingerprint density at radius 2 is 1.47 bits per heavy atom. The summed E-state index contributed by atoms with van der Waals surface area (Å²) in [6.07, 6.45) is 1.71. The van der Waals surface area contributed by atoms with E-state index in [0.29, 0.717) is 10.8 Å². The molecule has 0 aliphatic carbocycles. The van der Waals surface area contributed by atoms with Gasteiger partial charge in [0, 0.05) is 29.7 Å². The van der Waals surface area contributed by atoms with E-state index >= 15 is 0 Å². The monoisotopic (exact) mass is 474 g/mol. The lowest BCUT2D eigenvalue weighted by atomic mass is 9.70. The smallest absolute Gasteiger partial charge is 0.125 e. The van der Waals surface area contributed by atoms with Crippen molar-refractivity contribution in [3.8, 4) is 17.6 Å². The third kappa shape index (κ3) is 5.06. The molecule has 0 radical (unpaired) electrons. The largest absolute Gasteiger partial charge is 0.497 e. The van der Waals surface area contributed by atoms with Gasteiger partial charge < -0.3 is 9.47 Å². The Kier molecular flexibility index (Phi) is 7.16. The van der Waals surface area contributed by atoms with Crippen molar-refractivity contribution < 1.29 is 9.47 Å². The van der Waals surface area contributed by atoms with Gasteiger partial charge in [0.2, 0.25) is 0 Å². The van der Waals surface area contributed by atoms with E-state index in [1.54, 1.807) is 13.2 Å². The van der Waals surface area contributed by atoms with Crippen LogP contribution in [0, 0.1) is 11.3 Å². The third-order valence-corrected chi connectivity index (χ3v) is 7.14. The number of likely N-dealkylation sites (tertiary alicyclic amines) is 1. The highest BCUT2D eigenvalue weighted by molar-refractivity contribution is 6.30. The summed E-state index contributed by atoms with van der Waals surface area (Å²) in [6.45, 7) is 6.17. The molecule has 3 aromatic rings. The Labute approximate surface area is 207 Å². The van der Waals surface area contributed by atoms with E-state index in [1.807, 2.05) is 48.5 Å². The minimum absolute atomic E-state index is 0.0719. The van der Waals surface area contributed by atoms with Gasteiger partial charge in [-0.15, -0.1) is 0 Å². The van der Waals surface area contributed by atoms with Crippen LogP contribution < -0.4 is 9.47 Å². The van der Waals surface area contributed by atoms with Crippen molar-refractivity contribution in [2.24, 2.45) is 0 Å². The van der Waals surface area contributed by atoms with Crippen LogP contribution in [0.15, 0.2) is 78.9 Å². The summed E-state index contributed by atoms with van der Waals surface area (Å²) in [5, 5.41) is 11.1. The molecule has 0 aromatic heterocycles. The van der Waals surface area contributed by atoms with Crippen LogP contribution in [0.5, 0.6) is 11.5 Å². The molecule has 4 rings (SSSR count). The van der Waals surface area contributed by atoms with Crippen LogP contribution >= 0.6 is 11.6 Å². The molecule has 1 aliphatic heterocycles. The van der Waals surface area contributed by atoms with Crippen LogP contribution in [0.1, 0.15) is 37.8 Å². The van der Waals surface area contributed by atoms with Crippen molar-refractivity contribution in [2.45, 2.75) is 43.7 Å². The molecule has 1 saturated heterocycles. The predicted molar refractivity (Wildman–Crippen MR) is 137 cm³/mol. The van der Waals surface area contributed by atoms with Gasteiger partial charge >= 0.3 is 0 Å². The van der Waals surface area contributed by atoms with Crippen molar-refractivity contribution in [3.05, 3.63) is 95.0 Å². The summed E-state index contributed by atoms with van der Waals surface area (Å²) in [5.41, 5.74) is 1.33. The second-order valence-corrected chi connectivity index (χ2v) is 9.97. The zero-order valence-electron chi connectivity index (χ0n) is 20.0. The first-order valence-electron chi connectivity index (χ1n) is 11.6. The molecule has 0 N–H and O–H groups in total. The number of hydrogen-bond acceptors (Lipinski definition) is 4. The Balaban J connectivity index is 1.44. The van der Waals surface area contributed by atoms with Gasteiger partial charge in [-0.1, -0.05) is 72.3 Å². The maximum Gasteiger partial charge on any atom is 0.125 e. The minimum Gasteiger partial charge on any atom is -0.497 e. The topological polar surface area (TPSA) is 45.5 Å². The van der Waals surface area contributed by atoms with Gasteiger partial charge in [-0.2, -0.15) is 5.26 Å².